The Kier molecular flexibility index (Phi) is 2.35. The zero-order valence-electron chi connectivity index (χ0n) is 6.27. The number of nitrogens with two attached hydrogens (primary N) is 2. The highest BCUT2D eigenvalue weighted by Crippen LogP contribution is 2.23. The van der Waals surface area contributed by atoms with Crippen molar-refractivity contribution in [1.82, 2.24) is 0 Å². The average Bonchev–Trinajstić information content (AvgIpc) is 1.83. The Morgan fingerprint density at radius 2 is 2.17 bits per heavy atom. The van der Waals surface area contributed by atoms with E-state index in [4.69, 9.17) is 10.9 Å². The molecule has 1 atom stereocenters. The molecule has 0 heterocycles. The Bertz CT molecular complexity index is 341. The van der Waals surface area contributed by atoms with Crippen LogP contribution in [0.25, 0.3) is 0 Å². The molecule has 0 bridgehead atoms. The van der Waals surface area contributed by atoms with Crippen molar-refractivity contribution in [2.45, 2.75) is 11.3 Å². The Morgan fingerprint density at radius 3 is 2.50 bits per heavy atom. The summed E-state index contributed by atoms with van der Waals surface area (Å²) in [7, 11) is -3.59. The molecule has 6 heteroatoms. The number of allylic oxidation sites excluding steroid dienone is 1. The van der Waals surface area contributed by atoms with Gasteiger partial charge in [0.2, 0.25) is 10.0 Å². The summed E-state index contributed by atoms with van der Waals surface area (Å²) in [5, 5.41) is 4.89. The van der Waals surface area contributed by atoms with Gasteiger partial charge in [0.05, 0.1) is 9.78 Å². The van der Waals surface area contributed by atoms with Crippen LogP contribution in [0.3, 0.4) is 0 Å². The lowest BCUT2D eigenvalue weighted by molar-refractivity contribution is 0.603. The first-order chi connectivity index (χ1) is 5.31. The zero-order chi connectivity index (χ0) is 9.41. The molecule has 0 saturated heterocycles. The Labute approximate surface area is 76.8 Å². The van der Waals surface area contributed by atoms with Gasteiger partial charge >= 0.3 is 0 Å². The molecule has 1 aliphatic rings. The third-order valence-corrected chi connectivity index (χ3v) is 2.79. The predicted octanol–water partition coefficient (Wildman–Crippen LogP) is -0.297. The van der Waals surface area contributed by atoms with Crippen LogP contribution in [0, 0.1) is 0 Å². The molecule has 0 radical (unpaired) electrons. The smallest absolute Gasteiger partial charge is 0.237 e. The Balaban J connectivity index is 2.93. The van der Waals surface area contributed by atoms with Crippen LogP contribution in [0.15, 0.2) is 23.1 Å². The van der Waals surface area contributed by atoms with E-state index >= 15 is 0 Å². The minimum atomic E-state index is -3.59. The molecule has 1 unspecified atom stereocenters. The van der Waals surface area contributed by atoms with Crippen LogP contribution in [0.5, 0.6) is 0 Å². The fraction of sp³-hybridized carbons (Fsp3) is 0.333. The van der Waals surface area contributed by atoms with Crippen LogP contribution < -0.4 is 10.9 Å². The Morgan fingerprint density at radius 1 is 1.58 bits per heavy atom. The van der Waals surface area contributed by atoms with Gasteiger partial charge in [0.15, 0.2) is 0 Å². The molecular formula is C6H10N2O2S2. The lowest BCUT2D eigenvalue weighted by Crippen LogP contribution is -2.32. The van der Waals surface area contributed by atoms with Gasteiger partial charge in [0.1, 0.15) is 0 Å². The molecule has 0 fully saturated rings. The molecule has 68 valence electrons. The van der Waals surface area contributed by atoms with Gasteiger partial charge in [0, 0.05) is 0 Å². The summed E-state index contributed by atoms with van der Waals surface area (Å²) in [6, 6.07) is 0. The van der Waals surface area contributed by atoms with E-state index in [1.165, 1.54) is 18.2 Å². The monoisotopic (exact) mass is 206 g/mol. The van der Waals surface area contributed by atoms with Crippen molar-refractivity contribution >= 4 is 22.7 Å². The van der Waals surface area contributed by atoms with Crippen LogP contribution >= 0.6 is 12.6 Å². The molecule has 4 nitrogen and oxygen atoms in total. The van der Waals surface area contributed by atoms with Gasteiger partial charge in [0.25, 0.3) is 0 Å². The summed E-state index contributed by atoms with van der Waals surface area (Å²) in [6.07, 6.45) is 4.70. The maximum atomic E-state index is 10.8. The highest BCUT2D eigenvalue weighted by molar-refractivity contribution is 7.93. The second-order valence-electron chi connectivity index (χ2n) is 2.68. The van der Waals surface area contributed by atoms with E-state index in [2.05, 4.69) is 12.6 Å². The molecule has 0 amide bonds. The summed E-state index contributed by atoms with van der Waals surface area (Å²) in [5.41, 5.74) is 5.58. The minimum Gasteiger partial charge on any atom is -0.314 e. The third kappa shape index (κ3) is 2.34. The lowest BCUT2D eigenvalue weighted by Gasteiger charge is -2.20. The van der Waals surface area contributed by atoms with E-state index < -0.39 is 14.9 Å². The quantitative estimate of drug-likeness (QED) is 0.407. The average molecular weight is 206 g/mol. The number of primary sulfonamides is 1. The number of thiol groups is 1. The molecule has 0 aliphatic heterocycles. The van der Waals surface area contributed by atoms with Crippen molar-refractivity contribution in [2.24, 2.45) is 10.9 Å². The van der Waals surface area contributed by atoms with Crippen LogP contribution in [-0.2, 0) is 10.0 Å². The molecule has 12 heavy (non-hydrogen) atoms. The lowest BCUT2D eigenvalue weighted by atomic mass is 10.1. The van der Waals surface area contributed by atoms with Crippen molar-refractivity contribution in [3.05, 3.63) is 23.1 Å². The van der Waals surface area contributed by atoms with Crippen molar-refractivity contribution in [2.75, 3.05) is 0 Å². The third-order valence-electron chi connectivity index (χ3n) is 1.49. The number of hydrogen-bond donors (Lipinski definition) is 3. The van der Waals surface area contributed by atoms with Gasteiger partial charge in [-0.25, -0.2) is 13.6 Å². The maximum Gasteiger partial charge on any atom is 0.237 e. The normalized spacial score (nSPS) is 30.1. The Hall–Kier alpha value is -0.300. The highest BCUT2D eigenvalue weighted by atomic mass is 32.2. The van der Waals surface area contributed by atoms with E-state index in [9.17, 15) is 8.42 Å². The number of sulfonamides is 1. The minimum absolute atomic E-state index is 0.0950. The molecule has 0 aromatic rings. The van der Waals surface area contributed by atoms with Gasteiger partial charge in [-0.2, -0.15) is 12.6 Å². The van der Waals surface area contributed by atoms with Gasteiger partial charge in [-0.3, -0.25) is 0 Å². The summed E-state index contributed by atoms with van der Waals surface area (Å²) >= 11 is 4.06. The van der Waals surface area contributed by atoms with Gasteiger partial charge in [-0.1, -0.05) is 12.2 Å². The molecule has 0 saturated carbocycles. The van der Waals surface area contributed by atoms with E-state index in [0.717, 1.165) is 0 Å². The van der Waals surface area contributed by atoms with Crippen molar-refractivity contribution < 1.29 is 8.42 Å². The number of rotatable bonds is 1. The SMILES string of the molecule is NC1(S)C=CC(S(N)(=O)=O)=CC1. The van der Waals surface area contributed by atoms with Crippen LogP contribution in [-0.4, -0.2) is 13.3 Å². The van der Waals surface area contributed by atoms with E-state index in [-0.39, 0.29) is 4.91 Å². The molecule has 0 aromatic carbocycles. The van der Waals surface area contributed by atoms with Gasteiger partial charge < -0.3 is 5.73 Å². The van der Waals surface area contributed by atoms with Crippen LogP contribution in [0.2, 0.25) is 0 Å². The molecule has 0 aromatic heterocycles. The fourth-order valence-electron chi connectivity index (χ4n) is 0.838. The molecule has 1 aliphatic carbocycles. The van der Waals surface area contributed by atoms with E-state index in [0.29, 0.717) is 6.42 Å². The van der Waals surface area contributed by atoms with Crippen LogP contribution in [0.1, 0.15) is 6.42 Å². The second-order valence-corrected chi connectivity index (χ2v) is 5.07. The van der Waals surface area contributed by atoms with Gasteiger partial charge in [-0.05, 0) is 12.5 Å². The highest BCUT2D eigenvalue weighted by Gasteiger charge is 2.21. The van der Waals surface area contributed by atoms with Crippen LogP contribution in [0.4, 0.5) is 0 Å². The predicted molar refractivity (Wildman–Crippen MR) is 50.9 cm³/mol. The molecule has 0 spiro atoms. The van der Waals surface area contributed by atoms with E-state index in [1.807, 2.05) is 0 Å². The first-order valence-electron chi connectivity index (χ1n) is 3.25. The fourth-order valence-corrected chi connectivity index (χ4v) is 1.58. The van der Waals surface area contributed by atoms with Gasteiger partial charge in [-0.15, -0.1) is 0 Å². The zero-order valence-corrected chi connectivity index (χ0v) is 7.98. The van der Waals surface area contributed by atoms with E-state index in [1.54, 1.807) is 0 Å². The first kappa shape index (κ1) is 9.79. The maximum absolute atomic E-state index is 10.8. The van der Waals surface area contributed by atoms with Crippen molar-refractivity contribution in [3.63, 3.8) is 0 Å². The van der Waals surface area contributed by atoms with Crippen molar-refractivity contribution in [1.29, 1.82) is 0 Å². The second kappa shape index (κ2) is 2.88. The standard InChI is InChI=1S/C6H10N2O2S2/c7-6(11)3-1-5(2-4-6)12(8,9)10/h1-3,11H,4,7H2,(H2,8,9,10). The summed E-state index contributed by atoms with van der Waals surface area (Å²) in [4.78, 5) is -0.661. The topological polar surface area (TPSA) is 86.2 Å². The summed E-state index contributed by atoms with van der Waals surface area (Å²) in [5.74, 6) is 0. The summed E-state index contributed by atoms with van der Waals surface area (Å²) in [6.45, 7) is 0. The first-order valence-corrected chi connectivity index (χ1v) is 5.24. The largest absolute Gasteiger partial charge is 0.314 e. The summed E-state index contributed by atoms with van der Waals surface area (Å²) < 4.78 is 21.6. The van der Waals surface area contributed by atoms with Crippen molar-refractivity contribution in [3.8, 4) is 0 Å². The molecular weight excluding hydrogens is 196 g/mol. The molecule has 1 rings (SSSR count). The number of hydrogen-bond acceptors (Lipinski definition) is 4. The molecule has 4 N–H and O–H groups in total.